The average Bonchev–Trinajstić information content (AvgIpc) is 2.27. The molecule has 0 fully saturated rings. The zero-order valence-corrected chi connectivity index (χ0v) is 11.3. The molecule has 2 atom stereocenters. The lowest BCUT2D eigenvalue weighted by molar-refractivity contribution is -0.155. The Morgan fingerprint density at radius 2 is 1.84 bits per heavy atom. The fourth-order valence-electron chi connectivity index (χ4n) is 2.42. The lowest BCUT2D eigenvalue weighted by Crippen LogP contribution is -2.43. The second kappa shape index (κ2) is 5.03. The molecule has 0 spiro atoms. The number of hydrogen-bond donors (Lipinski definition) is 3. The number of carboxylic acids is 2. The Balaban J connectivity index is 3.15. The van der Waals surface area contributed by atoms with Crippen molar-refractivity contribution in [1.29, 1.82) is 0 Å². The summed E-state index contributed by atoms with van der Waals surface area (Å²) in [6, 6.07) is 0. The molecule has 0 heterocycles. The van der Waals surface area contributed by atoms with Crippen LogP contribution in [-0.2, 0) is 14.4 Å². The van der Waals surface area contributed by atoms with Crippen LogP contribution in [0.4, 0.5) is 0 Å². The van der Waals surface area contributed by atoms with Gasteiger partial charge in [-0.15, -0.1) is 0 Å². The highest BCUT2D eigenvalue weighted by molar-refractivity contribution is 5.83. The second-order valence-electron chi connectivity index (χ2n) is 5.51. The molecule has 0 saturated carbocycles. The van der Waals surface area contributed by atoms with Gasteiger partial charge < -0.3 is 15.5 Å². The summed E-state index contributed by atoms with van der Waals surface area (Å²) in [6.45, 7) is 4.64. The summed E-state index contributed by atoms with van der Waals surface area (Å²) < 4.78 is 0. The quantitative estimate of drug-likeness (QED) is 0.715. The number of carbonyl (C=O) groups excluding carboxylic acids is 1. The lowest BCUT2D eigenvalue weighted by atomic mass is 9.66. The maximum atomic E-state index is 11.4. The number of rotatable bonds is 4. The molecule has 106 valence electrons. The first kappa shape index (κ1) is 15.2. The van der Waals surface area contributed by atoms with Gasteiger partial charge in [-0.1, -0.05) is 6.92 Å². The minimum absolute atomic E-state index is 0.00381. The number of carbonyl (C=O) groups is 3. The summed E-state index contributed by atoms with van der Waals surface area (Å²) in [5.74, 6) is -2.41. The smallest absolute Gasteiger partial charge is 0.313 e. The molecule has 0 radical (unpaired) electrons. The number of allylic oxidation sites excluding steroid dienone is 1. The van der Waals surface area contributed by atoms with E-state index in [1.807, 2.05) is 0 Å². The van der Waals surface area contributed by atoms with Crippen molar-refractivity contribution < 1.29 is 24.6 Å². The van der Waals surface area contributed by atoms with Gasteiger partial charge in [-0.2, -0.15) is 0 Å². The van der Waals surface area contributed by atoms with Crippen molar-refractivity contribution in [3.8, 4) is 0 Å². The van der Waals surface area contributed by atoms with Gasteiger partial charge in [0.05, 0.1) is 10.8 Å². The fraction of sp³-hybridized carbons (Fsp3) is 0.615. The molecule has 3 N–H and O–H groups in total. The van der Waals surface area contributed by atoms with Crippen LogP contribution >= 0.6 is 0 Å². The highest BCUT2D eigenvalue weighted by Gasteiger charge is 2.48. The van der Waals surface area contributed by atoms with E-state index in [0.29, 0.717) is 5.70 Å². The largest absolute Gasteiger partial charge is 0.481 e. The highest BCUT2D eigenvalue weighted by atomic mass is 16.4. The van der Waals surface area contributed by atoms with Crippen molar-refractivity contribution in [2.45, 2.75) is 40.0 Å². The predicted octanol–water partition coefficient (Wildman–Crippen LogP) is 1.37. The number of amides is 1. The van der Waals surface area contributed by atoms with E-state index < -0.39 is 22.8 Å². The molecule has 1 aliphatic carbocycles. The molecular weight excluding hydrogens is 250 g/mol. The second-order valence-corrected chi connectivity index (χ2v) is 5.51. The number of aliphatic carboxylic acids is 2. The van der Waals surface area contributed by atoms with Gasteiger partial charge in [0.1, 0.15) is 0 Å². The van der Waals surface area contributed by atoms with Gasteiger partial charge in [0.2, 0.25) is 5.91 Å². The topological polar surface area (TPSA) is 104 Å². The Hall–Kier alpha value is -1.85. The van der Waals surface area contributed by atoms with E-state index in [0.717, 1.165) is 0 Å². The number of hydrogen-bond acceptors (Lipinski definition) is 3. The van der Waals surface area contributed by atoms with Crippen molar-refractivity contribution in [3.05, 3.63) is 11.8 Å². The van der Waals surface area contributed by atoms with E-state index in [1.54, 1.807) is 6.92 Å². The molecule has 1 amide bonds. The van der Waals surface area contributed by atoms with Gasteiger partial charge in [0, 0.05) is 18.5 Å². The van der Waals surface area contributed by atoms with Crippen LogP contribution in [0.3, 0.4) is 0 Å². The number of carboxylic acid groups (broad SMARTS) is 2. The van der Waals surface area contributed by atoms with Crippen LogP contribution in [0, 0.1) is 10.8 Å². The first-order valence-electron chi connectivity index (χ1n) is 6.11. The molecule has 1 aliphatic rings. The summed E-state index contributed by atoms with van der Waals surface area (Å²) >= 11 is 0. The van der Waals surface area contributed by atoms with Crippen LogP contribution in [-0.4, -0.2) is 28.1 Å². The summed E-state index contributed by atoms with van der Waals surface area (Å²) in [6.07, 6.45) is 1.83. The van der Waals surface area contributed by atoms with E-state index in [-0.39, 0.29) is 25.2 Å². The molecule has 0 aromatic rings. The fourth-order valence-corrected chi connectivity index (χ4v) is 2.42. The third kappa shape index (κ3) is 3.13. The normalized spacial score (nSPS) is 30.4. The van der Waals surface area contributed by atoms with E-state index in [9.17, 15) is 24.6 Å². The molecule has 0 bridgehead atoms. The molecule has 19 heavy (non-hydrogen) atoms. The van der Waals surface area contributed by atoms with Gasteiger partial charge in [0.25, 0.3) is 0 Å². The summed E-state index contributed by atoms with van der Waals surface area (Å²) in [5, 5.41) is 21.1. The van der Waals surface area contributed by atoms with Gasteiger partial charge in [-0.05, 0) is 26.3 Å². The van der Waals surface area contributed by atoms with Gasteiger partial charge in [-0.25, -0.2) is 0 Å². The summed E-state index contributed by atoms with van der Waals surface area (Å²) in [5.41, 5.74) is -2.12. The van der Waals surface area contributed by atoms with Crippen molar-refractivity contribution in [1.82, 2.24) is 5.32 Å². The van der Waals surface area contributed by atoms with Gasteiger partial charge in [0.15, 0.2) is 0 Å². The van der Waals surface area contributed by atoms with Crippen LogP contribution in [0.2, 0.25) is 0 Å². The Kier molecular flexibility index (Phi) is 4.03. The molecule has 6 heteroatoms. The van der Waals surface area contributed by atoms with Crippen LogP contribution in [0.5, 0.6) is 0 Å². The molecule has 0 aromatic heterocycles. The summed E-state index contributed by atoms with van der Waals surface area (Å²) in [7, 11) is 0. The SMILES string of the molecule is CCC(=O)NC1=C[C@](C)(C(=O)O)C[C@@](C)(C(=O)O)C1. The van der Waals surface area contributed by atoms with Crippen LogP contribution < -0.4 is 5.32 Å². The van der Waals surface area contributed by atoms with E-state index in [2.05, 4.69) is 5.32 Å². The average molecular weight is 269 g/mol. The molecular formula is C13H19NO5. The monoisotopic (exact) mass is 269 g/mol. The van der Waals surface area contributed by atoms with Crippen molar-refractivity contribution >= 4 is 17.8 Å². The van der Waals surface area contributed by atoms with Crippen molar-refractivity contribution in [2.24, 2.45) is 10.8 Å². The van der Waals surface area contributed by atoms with E-state index in [4.69, 9.17) is 0 Å². The van der Waals surface area contributed by atoms with E-state index >= 15 is 0 Å². The zero-order chi connectivity index (χ0) is 14.8. The Bertz CT molecular complexity index is 456. The first-order valence-corrected chi connectivity index (χ1v) is 6.11. The Morgan fingerprint density at radius 1 is 1.26 bits per heavy atom. The predicted molar refractivity (Wildman–Crippen MR) is 67.2 cm³/mol. The van der Waals surface area contributed by atoms with Crippen molar-refractivity contribution in [2.75, 3.05) is 0 Å². The minimum atomic E-state index is -1.29. The molecule has 0 saturated heterocycles. The van der Waals surface area contributed by atoms with Crippen LogP contribution in [0.15, 0.2) is 11.8 Å². The first-order chi connectivity index (χ1) is 8.63. The molecule has 0 aliphatic heterocycles. The zero-order valence-electron chi connectivity index (χ0n) is 11.3. The third-order valence-electron chi connectivity index (χ3n) is 3.46. The summed E-state index contributed by atoms with van der Waals surface area (Å²) in [4.78, 5) is 34.1. The maximum Gasteiger partial charge on any atom is 0.313 e. The maximum absolute atomic E-state index is 11.4. The van der Waals surface area contributed by atoms with Crippen molar-refractivity contribution in [3.63, 3.8) is 0 Å². The standard InChI is InChI=1S/C13H19NO5/c1-4-9(15)14-8-5-12(2,10(16)17)7-13(3,6-8)11(18)19/h5H,4,6-7H2,1-3H3,(H,14,15)(H,16,17)(H,18,19)/t12-,13-/m0/s1. The Morgan fingerprint density at radius 3 is 2.26 bits per heavy atom. The highest BCUT2D eigenvalue weighted by Crippen LogP contribution is 2.44. The molecule has 1 rings (SSSR count). The molecule has 6 nitrogen and oxygen atoms in total. The van der Waals surface area contributed by atoms with Gasteiger partial charge in [-0.3, -0.25) is 14.4 Å². The Labute approximate surface area is 111 Å². The molecule has 0 unspecified atom stereocenters. The van der Waals surface area contributed by atoms with Crippen LogP contribution in [0.25, 0.3) is 0 Å². The van der Waals surface area contributed by atoms with E-state index in [1.165, 1.54) is 19.9 Å². The lowest BCUT2D eigenvalue weighted by Gasteiger charge is -2.38. The minimum Gasteiger partial charge on any atom is -0.481 e. The van der Waals surface area contributed by atoms with Gasteiger partial charge >= 0.3 is 11.9 Å². The third-order valence-corrected chi connectivity index (χ3v) is 3.46. The molecule has 0 aromatic carbocycles. The van der Waals surface area contributed by atoms with Crippen LogP contribution in [0.1, 0.15) is 40.0 Å². The number of nitrogens with one attached hydrogen (secondary N) is 1.